The molecule has 1 unspecified atom stereocenters. The molecule has 1 fully saturated rings. The van der Waals surface area contributed by atoms with Crippen LogP contribution in [0.4, 0.5) is 0 Å². The lowest BCUT2D eigenvalue weighted by Crippen LogP contribution is -2.39. The largest absolute Gasteiger partial charge is 0.456 e. The van der Waals surface area contributed by atoms with E-state index in [4.69, 9.17) is 9.73 Å². The van der Waals surface area contributed by atoms with E-state index < -0.39 is 5.60 Å². The number of carbonyl (C=O) groups excluding carboxylic acids is 2. The van der Waals surface area contributed by atoms with Gasteiger partial charge in [-0.2, -0.15) is 0 Å². The number of aliphatic imine (C=N–C) groups is 1. The second-order valence-corrected chi connectivity index (χ2v) is 9.91. The van der Waals surface area contributed by atoms with Gasteiger partial charge in [0, 0.05) is 18.8 Å². The molecule has 1 aromatic carbocycles. The maximum Gasteiger partial charge on any atom is 0.338 e. The first-order valence-electron chi connectivity index (χ1n) is 10.7. The van der Waals surface area contributed by atoms with Crippen molar-refractivity contribution in [3.05, 3.63) is 58.3 Å². The van der Waals surface area contributed by atoms with Crippen LogP contribution in [0, 0.1) is 0 Å². The van der Waals surface area contributed by atoms with Crippen molar-refractivity contribution in [2.45, 2.75) is 58.6 Å². The number of amidine groups is 1. The quantitative estimate of drug-likeness (QED) is 0.641. The van der Waals surface area contributed by atoms with Crippen molar-refractivity contribution in [1.29, 1.82) is 0 Å². The second-order valence-electron chi connectivity index (χ2n) is 9.07. The summed E-state index contributed by atoms with van der Waals surface area (Å²) in [7, 11) is 0. The second kappa shape index (κ2) is 8.54. The summed E-state index contributed by atoms with van der Waals surface area (Å²) in [5, 5.41) is 2.79. The van der Waals surface area contributed by atoms with Gasteiger partial charge in [-0.05, 0) is 51.5 Å². The molecule has 1 aromatic rings. The van der Waals surface area contributed by atoms with E-state index in [2.05, 4.69) is 0 Å². The summed E-state index contributed by atoms with van der Waals surface area (Å²) in [6.07, 6.45) is 2.43. The predicted molar refractivity (Wildman–Crippen MR) is 123 cm³/mol. The van der Waals surface area contributed by atoms with E-state index in [1.807, 2.05) is 73.2 Å². The van der Waals surface area contributed by atoms with Gasteiger partial charge in [0.25, 0.3) is 0 Å². The Labute approximate surface area is 188 Å². The van der Waals surface area contributed by atoms with Gasteiger partial charge in [-0.3, -0.25) is 4.79 Å². The van der Waals surface area contributed by atoms with Crippen LogP contribution in [0.15, 0.2) is 57.7 Å². The molecular weight excluding hydrogens is 410 g/mol. The van der Waals surface area contributed by atoms with Crippen LogP contribution in [0.25, 0.3) is 0 Å². The van der Waals surface area contributed by atoms with Crippen LogP contribution >= 0.6 is 11.8 Å². The summed E-state index contributed by atoms with van der Waals surface area (Å²) in [6.45, 7) is 9.09. The molecule has 3 aliphatic heterocycles. The Morgan fingerprint density at radius 2 is 1.84 bits per heavy atom. The first-order chi connectivity index (χ1) is 14.7. The van der Waals surface area contributed by atoms with Crippen LogP contribution in [0.1, 0.15) is 58.6 Å². The third kappa shape index (κ3) is 4.56. The lowest BCUT2D eigenvalue weighted by molar-refractivity contribution is -0.150. The van der Waals surface area contributed by atoms with Gasteiger partial charge in [-0.25, -0.2) is 9.79 Å². The molecule has 0 N–H and O–H groups in total. The van der Waals surface area contributed by atoms with Gasteiger partial charge in [0.1, 0.15) is 5.60 Å². The fourth-order valence-corrected chi connectivity index (χ4v) is 5.11. The molecule has 0 radical (unpaired) electrons. The average Bonchev–Trinajstić information content (AvgIpc) is 3.37. The number of hydrogen-bond donors (Lipinski definition) is 0. The number of fused-ring (bicyclic) bond motifs is 1. The third-order valence-corrected chi connectivity index (χ3v) is 6.41. The van der Waals surface area contributed by atoms with Gasteiger partial charge in [0.15, 0.2) is 5.17 Å². The van der Waals surface area contributed by atoms with E-state index in [0.29, 0.717) is 17.7 Å². The summed E-state index contributed by atoms with van der Waals surface area (Å²) >= 11 is 1.50. The normalized spacial score (nSPS) is 21.1. The standard InChI is InChI=1S/C24H29N3O3S/c1-16-20(22(29)30-24(2,3)4)21(17-10-6-5-7-11-17)27-18(15-31-23(27)25-16)14-19(28)26-12-8-9-13-26/h5-7,10-11,15,21H,8-9,12-14H2,1-4H3. The van der Waals surface area contributed by atoms with Crippen molar-refractivity contribution in [3.8, 4) is 0 Å². The molecule has 1 atom stereocenters. The molecule has 1 amide bonds. The van der Waals surface area contributed by atoms with Gasteiger partial charge >= 0.3 is 5.97 Å². The highest BCUT2D eigenvalue weighted by Gasteiger charge is 2.42. The summed E-state index contributed by atoms with van der Waals surface area (Å²) in [4.78, 5) is 34.8. The van der Waals surface area contributed by atoms with Gasteiger partial charge in [0.05, 0.1) is 23.7 Å². The zero-order valence-corrected chi connectivity index (χ0v) is 19.4. The number of allylic oxidation sites excluding steroid dienone is 1. The number of benzene rings is 1. The Hall–Kier alpha value is -2.54. The number of esters is 1. The first kappa shape index (κ1) is 21.7. The molecule has 0 bridgehead atoms. The molecule has 3 heterocycles. The molecule has 7 heteroatoms. The van der Waals surface area contributed by atoms with E-state index in [0.717, 1.165) is 42.4 Å². The van der Waals surface area contributed by atoms with Gasteiger partial charge in [-0.15, -0.1) is 0 Å². The minimum Gasteiger partial charge on any atom is -0.456 e. The number of hydrogen-bond acceptors (Lipinski definition) is 6. The topological polar surface area (TPSA) is 62.2 Å². The molecule has 0 aliphatic carbocycles. The summed E-state index contributed by atoms with van der Waals surface area (Å²) < 4.78 is 5.75. The summed E-state index contributed by atoms with van der Waals surface area (Å²) in [6, 6.07) is 9.52. The smallest absolute Gasteiger partial charge is 0.338 e. The zero-order chi connectivity index (χ0) is 22.2. The zero-order valence-electron chi connectivity index (χ0n) is 18.6. The van der Waals surface area contributed by atoms with E-state index in [1.54, 1.807) is 0 Å². The number of ether oxygens (including phenoxy) is 1. The minimum absolute atomic E-state index is 0.127. The summed E-state index contributed by atoms with van der Waals surface area (Å²) in [5.41, 5.74) is 2.41. The number of likely N-dealkylation sites (tertiary alicyclic amines) is 1. The van der Waals surface area contributed by atoms with Gasteiger partial charge in [-0.1, -0.05) is 42.1 Å². The Kier molecular flexibility index (Phi) is 5.97. The fraction of sp³-hybridized carbons (Fsp3) is 0.458. The summed E-state index contributed by atoms with van der Waals surface area (Å²) in [5.74, 6) is -0.244. The Bertz CT molecular complexity index is 970. The molecule has 6 nitrogen and oxygen atoms in total. The van der Waals surface area contributed by atoms with E-state index in [9.17, 15) is 9.59 Å². The lowest BCUT2D eigenvalue weighted by Gasteiger charge is -2.37. The highest BCUT2D eigenvalue weighted by Crippen LogP contribution is 2.45. The number of thioether (sulfide) groups is 1. The van der Waals surface area contributed by atoms with Crippen LogP contribution in [0.3, 0.4) is 0 Å². The van der Waals surface area contributed by atoms with Crippen molar-refractivity contribution in [2.24, 2.45) is 4.99 Å². The van der Waals surface area contributed by atoms with Crippen LogP contribution in [0.5, 0.6) is 0 Å². The van der Waals surface area contributed by atoms with Crippen molar-refractivity contribution < 1.29 is 14.3 Å². The monoisotopic (exact) mass is 439 g/mol. The number of carbonyl (C=O) groups is 2. The molecule has 164 valence electrons. The minimum atomic E-state index is -0.611. The molecular formula is C24H29N3O3S. The van der Waals surface area contributed by atoms with Crippen LogP contribution in [0.2, 0.25) is 0 Å². The fourth-order valence-electron chi connectivity index (χ4n) is 4.15. The van der Waals surface area contributed by atoms with Gasteiger partial charge in [0.2, 0.25) is 5.91 Å². The van der Waals surface area contributed by atoms with Gasteiger partial charge < -0.3 is 14.5 Å². The average molecular weight is 440 g/mol. The van der Waals surface area contributed by atoms with Crippen LogP contribution < -0.4 is 0 Å². The van der Waals surface area contributed by atoms with E-state index in [1.165, 1.54) is 11.8 Å². The first-order valence-corrected chi connectivity index (χ1v) is 11.6. The highest BCUT2D eigenvalue weighted by atomic mass is 32.2. The Morgan fingerprint density at radius 3 is 2.48 bits per heavy atom. The molecule has 31 heavy (non-hydrogen) atoms. The van der Waals surface area contributed by atoms with Crippen molar-refractivity contribution in [3.63, 3.8) is 0 Å². The number of rotatable bonds is 4. The predicted octanol–water partition coefficient (Wildman–Crippen LogP) is 4.62. The van der Waals surface area contributed by atoms with E-state index in [-0.39, 0.29) is 17.9 Å². The lowest BCUT2D eigenvalue weighted by atomic mass is 9.93. The van der Waals surface area contributed by atoms with Crippen LogP contribution in [-0.2, 0) is 14.3 Å². The van der Waals surface area contributed by atoms with Crippen molar-refractivity contribution >= 4 is 28.8 Å². The molecule has 3 aliphatic rings. The van der Waals surface area contributed by atoms with Crippen molar-refractivity contribution in [2.75, 3.05) is 13.1 Å². The maximum atomic E-state index is 13.3. The number of nitrogens with zero attached hydrogens (tertiary/aromatic N) is 3. The molecule has 1 saturated heterocycles. The third-order valence-electron chi connectivity index (χ3n) is 5.53. The molecule has 0 spiro atoms. The Morgan fingerprint density at radius 1 is 1.16 bits per heavy atom. The number of amides is 1. The molecule has 4 rings (SSSR count). The SMILES string of the molecule is CC1=C(C(=O)OC(C)(C)C)C(c2ccccc2)N2C(CC(=O)N3CCCC3)=CSC2=N1. The van der Waals surface area contributed by atoms with Crippen molar-refractivity contribution in [1.82, 2.24) is 9.80 Å². The molecule has 0 aromatic heterocycles. The maximum absolute atomic E-state index is 13.3. The molecule has 0 saturated carbocycles. The van der Waals surface area contributed by atoms with Crippen LogP contribution in [-0.4, -0.2) is 45.5 Å². The highest BCUT2D eigenvalue weighted by molar-refractivity contribution is 8.16. The Balaban J connectivity index is 1.70. The van der Waals surface area contributed by atoms with E-state index >= 15 is 0 Å².